The summed E-state index contributed by atoms with van der Waals surface area (Å²) in [6, 6.07) is 7.45. The van der Waals surface area contributed by atoms with E-state index in [4.69, 9.17) is 5.11 Å². The van der Waals surface area contributed by atoms with Crippen LogP contribution in [0.1, 0.15) is 57.9 Å². The number of allylic oxidation sites excluding steroid dienone is 2. The third-order valence-corrected chi connectivity index (χ3v) is 8.68. The molecule has 0 saturated heterocycles. The number of hydrogen-bond acceptors (Lipinski definition) is 3. The van der Waals surface area contributed by atoms with Crippen molar-refractivity contribution in [2.45, 2.75) is 58.4 Å². The standard InChI is InChI=1S/C24H32BrNO4S/c1-24(2)18-15-21(24)20(10-5-3-4-6-11-23(27)28)22(16-18)26-31(29,30)13-12-17-8-7-9-19(25)14-17/h3,5,7-9,12-14,18,20-22,26H,4,6,10-11,15-16H2,1-2H3,(H,27,28)/b5-3-,13-12?. The molecule has 0 aromatic heterocycles. The molecule has 31 heavy (non-hydrogen) atoms. The normalized spacial score (nSPS) is 27.5. The Kier molecular flexibility index (Phi) is 7.81. The molecule has 3 fully saturated rings. The second-order valence-electron chi connectivity index (χ2n) is 9.38. The highest BCUT2D eigenvalue weighted by atomic mass is 79.9. The monoisotopic (exact) mass is 509 g/mol. The molecule has 2 N–H and O–H groups in total. The van der Waals surface area contributed by atoms with Gasteiger partial charge in [-0.25, -0.2) is 13.1 Å². The first-order chi connectivity index (χ1) is 14.6. The number of carboxylic acids is 1. The number of sulfonamides is 1. The molecule has 7 heteroatoms. The summed E-state index contributed by atoms with van der Waals surface area (Å²) in [5.74, 6) is 0.532. The maximum Gasteiger partial charge on any atom is 0.303 e. The molecule has 0 heterocycles. The number of halogens is 1. The van der Waals surface area contributed by atoms with Crippen molar-refractivity contribution in [3.63, 3.8) is 0 Å². The van der Waals surface area contributed by atoms with E-state index >= 15 is 0 Å². The minimum absolute atomic E-state index is 0.0717. The van der Waals surface area contributed by atoms with Crippen LogP contribution in [0.5, 0.6) is 0 Å². The second-order valence-corrected chi connectivity index (χ2v) is 11.9. The van der Waals surface area contributed by atoms with Crippen LogP contribution in [0, 0.1) is 23.2 Å². The van der Waals surface area contributed by atoms with Crippen LogP contribution in [0.2, 0.25) is 0 Å². The van der Waals surface area contributed by atoms with Crippen LogP contribution in [0.4, 0.5) is 0 Å². The molecule has 2 bridgehead atoms. The minimum atomic E-state index is -3.55. The number of aliphatic carboxylic acids is 1. The highest BCUT2D eigenvalue weighted by Crippen LogP contribution is 2.62. The first kappa shape index (κ1) is 24.2. The summed E-state index contributed by atoms with van der Waals surface area (Å²) >= 11 is 3.40. The summed E-state index contributed by atoms with van der Waals surface area (Å²) in [5, 5.41) is 10.0. The Bertz CT molecular complexity index is 954. The maximum atomic E-state index is 12.8. The zero-order valence-electron chi connectivity index (χ0n) is 18.1. The van der Waals surface area contributed by atoms with E-state index in [1.54, 1.807) is 6.08 Å². The molecule has 170 valence electrons. The van der Waals surface area contributed by atoms with Crippen LogP contribution in [0.25, 0.3) is 6.08 Å². The van der Waals surface area contributed by atoms with Gasteiger partial charge in [0.25, 0.3) is 0 Å². The van der Waals surface area contributed by atoms with Gasteiger partial charge in [-0.05, 0) is 79.0 Å². The van der Waals surface area contributed by atoms with E-state index in [1.807, 2.05) is 30.3 Å². The quantitative estimate of drug-likeness (QED) is 0.318. The van der Waals surface area contributed by atoms with Crippen molar-refractivity contribution in [1.82, 2.24) is 4.72 Å². The number of carboxylic acid groups (broad SMARTS) is 1. The lowest BCUT2D eigenvalue weighted by molar-refractivity contribution is -0.137. The molecule has 0 amide bonds. The molecular formula is C24H32BrNO4S. The largest absolute Gasteiger partial charge is 0.481 e. The van der Waals surface area contributed by atoms with Gasteiger partial charge in [0.05, 0.1) is 0 Å². The summed E-state index contributed by atoms with van der Waals surface area (Å²) in [6.07, 6.45) is 10.2. The Balaban J connectivity index is 1.65. The molecule has 4 unspecified atom stereocenters. The minimum Gasteiger partial charge on any atom is -0.481 e. The summed E-state index contributed by atoms with van der Waals surface area (Å²) in [4.78, 5) is 10.6. The van der Waals surface area contributed by atoms with Crippen LogP contribution in [-0.2, 0) is 14.8 Å². The highest BCUT2D eigenvalue weighted by Gasteiger charge is 2.57. The molecule has 5 nitrogen and oxygen atoms in total. The van der Waals surface area contributed by atoms with Gasteiger partial charge in [0.2, 0.25) is 10.0 Å². The predicted octanol–water partition coefficient (Wildman–Crippen LogP) is 5.59. The van der Waals surface area contributed by atoms with Gasteiger partial charge in [0.15, 0.2) is 0 Å². The Morgan fingerprint density at radius 3 is 2.74 bits per heavy atom. The van der Waals surface area contributed by atoms with Crippen molar-refractivity contribution in [2.24, 2.45) is 23.2 Å². The smallest absolute Gasteiger partial charge is 0.303 e. The van der Waals surface area contributed by atoms with E-state index in [-0.39, 0.29) is 23.8 Å². The molecule has 1 aromatic carbocycles. The zero-order chi connectivity index (χ0) is 22.6. The van der Waals surface area contributed by atoms with Crippen molar-refractivity contribution in [2.75, 3.05) is 0 Å². The first-order valence-electron chi connectivity index (χ1n) is 10.9. The summed E-state index contributed by atoms with van der Waals surface area (Å²) in [7, 11) is -3.55. The van der Waals surface area contributed by atoms with E-state index in [0.717, 1.165) is 35.7 Å². The molecule has 3 aliphatic carbocycles. The van der Waals surface area contributed by atoms with Crippen molar-refractivity contribution >= 4 is 38.0 Å². The van der Waals surface area contributed by atoms with Crippen LogP contribution in [0.15, 0.2) is 46.3 Å². The second kappa shape index (κ2) is 10.0. The summed E-state index contributed by atoms with van der Waals surface area (Å²) < 4.78 is 29.4. The van der Waals surface area contributed by atoms with Crippen LogP contribution < -0.4 is 4.72 Å². The van der Waals surface area contributed by atoms with Gasteiger partial charge in [-0.2, -0.15) is 0 Å². The fraction of sp³-hybridized carbons (Fsp3) is 0.542. The van der Waals surface area contributed by atoms with Crippen LogP contribution >= 0.6 is 15.9 Å². The number of carbonyl (C=O) groups is 1. The maximum absolute atomic E-state index is 12.8. The summed E-state index contributed by atoms with van der Waals surface area (Å²) in [6.45, 7) is 4.60. The molecule has 4 rings (SSSR count). The van der Waals surface area contributed by atoms with Gasteiger partial charge in [0, 0.05) is 22.3 Å². The van der Waals surface area contributed by atoms with Gasteiger partial charge in [-0.1, -0.05) is 54.1 Å². The molecule has 3 saturated carbocycles. The number of benzene rings is 1. The Hall–Kier alpha value is -1.44. The molecule has 0 spiro atoms. The van der Waals surface area contributed by atoms with Gasteiger partial charge < -0.3 is 5.11 Å². The van der Waals surface area contributed by atoms with Gasteiger partial charge in [-0.3, -0.25) is 4.79 Å². The van der Waals surface area contributed by atoms with Gasteiger partial charge >= 0.3 is 5.97 Å². The molecule has 3 aliphatic rings. The van der Waals surface area contributed by atoms with E-state index in [0.29, 0.717) is 18.3 Å². The van der Waals surface area contributed by atoms with Crippen LogP contribution in [0.3, 0.4) is 0 Å². The lowest BCUT2D eigenvalue weighted by atomic mass is 9.44. The zero-order valence-corrected chi connectivity index (χ0v) is 20.5. The highest BCUT2D eigenvalue weighted by molar-refractivity contribution is 9.10. The van der Waals surface area contributed by atoms with Crippen molar-refractivity contribution < 1.29 is 18.3 Å². The topological polar surface area (TPSA) is 83.5 Å². The Morgan fingerprint density at radius 1 is 1.29 bits per heavy atom. The Morgan fingerprint density at radius 2 is 2.06 bits per heavy atom. The average Bonchev–Trinajstić information content (AvgIpc) is 2.69. The third-order valence-electron chi connectivity index (χ3n) is 7.06. The molecule has 0 radical (unpaired) electrons. The molecule has 1 aromatic rings. The molecule has 0 aliphatic heterocycles. The van der Waals surface area contributed by atoms with E-state index in [9.17, 15) is 13.2 Å². The van der Waals surface area contributed by atoms with Gasteiger partial charge in [0.1, 0.15) is 0 Å². The lowest BCUT2D eigenvalue weighted by Gasteiger charge is -2.62. The van der Waals surface area contributed by atoms with E-state index in [2.05, 4.69) is 40.6 Å². The average molecular weight is 510 g/mol. The van der Waals surface area contributed by atoms with Crippen molar-refractivity contribution in [3.05, 3.63) is 51.9 Å². The van der Waals surface area contributed by atoms with Crippen molar-refractivity contribution in [3.8, 4) is 0 Å². The van der Waals surface area contributed by atoms with E-state index < -0.39 is 16.0 Å². The number of hydrogen-bond donors (Lipinski definition) is 2. The SMILES string of the molecule is CC1(C)C2CC(NS(=O)(=O)C=Cc3cccc(Br)c3)C(C/C=C\CCCC(=O)O)C1C2. The fourth-order valence-electron chi connectivity index (χ4n) is 5.18. The lowest BCUT2D eigenvalue weighted by Crippen LogP contribution is -2.61. The van der Waals surface area contributed by atoms with E-state index in [1.165, 1.54) is 5.41 Å². The molecule has 4 atom stereocenters. The summed E-state index contributed by atoms with van der Waals surface area (Å²) in [5.41, 5.74) is 1.07. The van der Waals surface area contributed by atoms with Gasteiger partial charge in [-0.15, -0.1) is 0 Å². The van der Waals surface area contributed by atoms with Crippen molar-refractivity contribution in [1.29, 1.82) is 0 Å². The molecular weight excluding hydrogens is 478 g/mol. The number of unbranched alkanes of at least 4 members (excludes halogenated alkanes) is 1. The number of nitrogens with one attached hydrogen (secondary N) is 1. The third kappa shape index (κ3) is 6.30. The number of fused-ring (bicyclic) bond motifs is 2. The van der Waals surface area contributed by atoms with Crippen LogP contribution in [-0.4, -0.2) is 25.5 Å². The fourth-order valence-corrected chi connectivity index (χ4v) is 6.70. The first-order valence-corrected chi connectivity index (χ1v) is 13.2. The Labute approximate surface area is 194 Å². The predicted molar refractivity (Wildman–Crippen MR) is 128 cm³/mol. The number of rotatable bonds is 10.